The van der Waals surface area contributed by atoms with Crippen LogP contribution in [0.2, 0.25) is 0 Å². The van der Waals surface area contributed by atoms with Crippen LogP contribution in [0.4, 0.5) is 4.39 Å². The van der Waals surface area contributed by atoms with E-state index < -0.39 is 6.04 Å². The molecule has 2 amide bonds. The lowest BCUT2D eigenvalue weighted by Gasteiger charge is -2.35. The molecule has 8 heteroatoms. The molecular weight excluding hydrogens is 391 g/mol. The molecule has 2 aliphatic heterocycles. The minimum atomic E-state index is -0.408. The van der Waals surface area contributed by atoms with Crippen LogP contribution in [0, 0.1) is 11.7 Å². The molecule has 154 valence electrons. The van der Waals surface area contributed by atoms with Gasteiger partial charge < -0.3 is 15.5 Å². The molecule has 0 radical (unpaired) electrons. The predicted molar refractivity (Wildman–Crippen MR) is 110 cm³/mol. The SMILES string of the molecule is CC(C)C[C@H]1NC(=O)[C@@H]2C[C@H](NCc3nc(-c4ccc(F)cc4)cs3)CN2C1=O. The van der Waals surface area contributed by atoms with Crippen molar-refractivity contribution in [3.05, 3.63) is 40.5 Å². The van der Waals surface area contributed by atoms with Gasteiger partial charge in [-0.2, -0.15) is 0 Å². The highest BCUT2D eigenvalue weighted by Gasteiger charge is 2.46. The average Bonchev–Trinajstić information content (AvgIpc) is 3.32. The van der Waals surface area contributed by atoms with Crippen molar-refractivity contribution >= 4 is 23.2 Å². The van der Waals surface area contributed by atoms with Crippen LogP contribution in [0.25, 0.3) is 11.3 Å². The van der Waals surface area contributed by atoms with E-state index in [-0.39, 0.29) is 29.7 Å². The number of halogens is 1. The molecule has 0 aliphatic carbocycles. The lowest BCUT2D eigenvalue weighted by atomic mass is 9.99. The summed E-state index contributed by atoms with van der Waals surface area (Å²) in [5, 5.41) is 9.21. The van der Waals surface area contributed by atoms with Gasteiger partial charge in [0.2, 0.25) is 11.8 Å². The van der Waals surface area contributed by atoms with Crippen LogP contribution in [-0.2, 0) is 16.1 Å². The van der Waals surface area contributed by atoms with Crippen molar-refractivity contribution < 1.29 is 14.0 Å². The van der Waals surface area contributed by atoms with Crippen molar-refractivity contribution in [2.45, 2.75) is 51.4 Å². The third-order valence-corrected chi connectivity index (χ3v) is 6.29. The zero-order valence-electron chi connectivity index (χ0n) is 16.5. The summed E-state index contributed by atoms with van der Waals surface area (Å²) in [5.41, 5.74) is 1.70. The lowest BCUT2D eigenvalue weighted by Crippen LogP contribution is -2.61. The number of fused-ring (bicyclic) bond motifs is 1. The number of carbonyl (C=O) groups excluding carboxylic acids is 2. The van der Waals surface area contributed by atoms with Crippen LogP contribution in [-0.4, -0.2) is 46.4 Å². The molecule has 1 aromatic heterocycles. The van der Waals surface area contributed by atoms with Crippen molar-refractivity contribution in [3.8, 4) is 11.3 Å². The monoisotopic (exact) mass is 416 g/mol. The molecule has 29 heavy (non-hydrogen) atoms. The third-order valence-electron chi connectivity index (χ3n) is 5.44. The van der Waals surface area contributed by atoms with Crippen LogP contribution >= 0.6 is 11.3 Å². The molecular formula is C21H25FN4O2S. The first-order valence-corrected chi connectivity index (χ1v) is 10.8. The Kier molecular flexibility index (Phi) is 5.65. The smallest absolute Gasteiger partial charge is 0.245 e. The van der Waals surface area contributed by atoms with Gasteiger partial charge in [0.1, 0.15) is 22.9 Å². The largest absolute Gasteiger partial charge is 0.342 e. The van der Waals surface area contributed by atoms with Gasteiger partial charge in [-0.15, -0.1) is 11.3 Å². The summed E-state index contributed by atoms with van der Waals surface area (Å²) in [6.45, 7) is 5.21. The molecule has 3 atom stereocenters. The Morgan fingerprint density at radius 2 is 2.07 bits per heavy atom. The van der Waals surface area contributed by atoms with E-state index in [9.17, 15) is 14.0 Å². The van der Waals surface area contributed by atoms with Crippen LogP contribution in [0.15, 0.2) is 29.6 Å². The van der Waals surface area contributed by atoms with Crippen molar-refractivity contribution in [2.75, 3.05) is 6.54 Å². The molecule has 2 saturated heterocycles. The molecule has 3 heterocycles. The van der Waals surface area contributed by atoms with Crippen LogP contribution in [0.1, 0.15) is 31.7 Å². The second kappa shape index (κ2) is 8.20. The summed E-state index contributed by atoms with van der Waals surface area (Å²) in [5.74, 6) is 0.0585. The van der Waals surface area contributed by atoms with Gasteiger partial charge in [0, 0.05) is 30.1 Å². The topological polar surface area (TPSA) is 74.3 Å². The number of hydrogen-bond acceptors (Lipinski definition) is 5. The summed E-state index contributed by atoms with van der Waals surface area (Å²) in [7, 11) is 0. The van der Waals surface area contributed by atoms with Crippen molar-refractivity contribution in [1.82, 2.24) is 20.5 Å². The fourth-order valence-electron chi connectivity index (χ4n) is 4.01. The van der Waals surface area contributed by atoms with Gasteiger partial charge in [-0.3, -0.25) is 9.59 Å². The Hall–Kier alpha value is -2.32. The van der Waals surface area contributed by atoms with Gasteiger partial charge in [0.15, 0.2) is 0 Å². The Morgan fingerprint density at radius 3 is 2.79 bits per heavy atom. The van der Waals surface area contributed by atoms with Gasteiger partial charge in [0.05, 0.1) is 5.69 Å². The maximum atomic E-state index is 13.1. The molecule has 2 N–H and O–H groups in total. The zero-order valence-corrected chi connectivity index (χ0v) is 17.3. The van der Waals surface area contributed by atoms with Crippen LogP contribution in [0.5, 0.6) is 0 Å². The third kappa shape index (κ3) is 4.33. The molecule has 6 nitrogen and oxygen atoms in total. The second-order valence-corrected chi connectivity index (χ2v) is 9.09. The van der Waals surface area contributed by atoms with E-state index >= 15 is 0 Å². The lowest BCUT2D eigenvalue weighted by molar-refractivity contribution is -0.147. The molecule has 0 unspecified atom stereocenters. The van der Waals surface area contributed by atoms with Gasteiger partial charge in [-0.1, -0.05) is 13.8 Å². The number of hydrogen-bond donors (Lipinski definition) is 2. The van der Waals surface area contributed by atoms with E-state index in [1.807, 2.05) is 19.2 Å². The molecule has 0 bridgehead atoms. The van der Waals surface area contributed by atoms with Crippen molar-refractivity contribution in [3.63, 3.8) is 0 Å². The van der Waals surface area contributed by atoms with Crippen molar-refractivity contribution in [1.29, 1.82) is 0 Å². The number of nitrogens with zero attached hydrogens (tertiary/aromatic N) is 2. The van der Waals surface area contributed by atoms with E-state index in [1.54, 1.807) is 17.0 Å². The summed E-state index contributed by atoms with van der Waals surface area (Å²) in [6, 6.07) is 5.56. The first-order chi connectivity index (χ1) is 13.9. The average molecular weight is 417 g/mol. The number of piperazine rings is 1. The first kappa shape index (κ1) is 20.0. The molecule has 2 aliphatic rings. The molecule has 4 rings (SSSR count). The van der Waals surface area contributed by atoms with Gasteiger partial charge in [-0.05, 0) is 43.0 Å². The Morgan fingerprint density at radius 1 is 1.31 bits per heavy atom. The summed E-state index contributed by atoms with van der Waals surface area (Å²) in [6.07, 6.45) is 1.28. The number of thiazole rings is 1. The number of nitrogens with one attached hydrogen (secondary N) is 2. The molecule has 2 aromatic rings. The number of amides is 2. The normalized spacial score (nSPS) is 24.1. The minimum Gasteiger partial charge on any atom is -0.342 e. The molecule has 1 aromatic carbocycles. The number of carbonyl (C=O) groups is 2. The number of rotatable bonds is 6. The Bertz CT molecular complexity index is 898. The number of aromatic nitrogens is 1. The first-order valence-electron chi connectivity index (χ1n) is 9.95. The van der Waals surface area contributed by atoms with Gasteiger partial charge >= 0.3 is 0 Å². The zero-order chi connectivity index (χ0) is 20.5. The van der Waals surface area contributed by atoms with Gasteiger partial charge in [0.25, 0.3) is 0 Å². The van der Waals surface area contributed by atoms with E-state index in [2.05, 4.69) is 15.6 Å². The Balaban J connectivity index is 1.35. The van der Waals surface area contributed by atoms with Crippen LogP contribution < -0.4 is 10.6 Å². The van der Waals surface area contributed by atoms with E-state index in [4.69, 9.17) is 0 Å². The number of benzene rings is 1. The maximum Gasteiger partial charge on any atom is 0.245 e. The van der Waals surface area contributed by atoms with E-state index in [0.29, 0.717) is 31.8 Å². The molecule has 2 fully saturated rings. The van der Waals surface area contributed by atoms with E-state index in [1.165, 1.54) is 23.5 Å². The fourth-order valence-corrected chi connectivity index (χ4v) is 4.77. The van der Waals surface area contributed by atoms with Crippen molar-refractivity contribution in [2.24, 2.45) is 5.92 Å². The van der Waals surface area contributed by atoms with Crippen LogP contribution in [0.3, 0.4) is 0 Å². The summed E-state index contributed by atoms with van der Waals surface area (Å²) >= 11 is 1.54. The predicted octanol–water partition coefficient (Wildman–Crippen LogP) is 2.55. The summed E-state index contributed by atoms with van der Waals surface area (Å²) in [4.78, 5) is 31.5. The quantitative estimate of drug-likeness (QED) is 0.759. The summed E-state index contributed by atoms with van der Waals surface area (Å²) < 4.78 is 13.1. The fraction of sp³-hybridized carbons (Fsp3) is 0.476. The highest BCUT2D eigenvalue weighted by molar-refractivity contribution is 7.09. The van der Waals surface area contributed by atoms with E-state index in [0.717, 1.165) is 16.3 Å². The highest BCUT2D eigenvalue weighted by Crippen LogP contribution is 2.26. The maximum absolute atomic E-state index is 13.1. The molecule has 0 spiro atoms. The Labute approximate surface area is 173 Å². The minimum absolute atomic E-state index is 0.0282. The molecule has 0 saturated carbocycles. The second-order valence-electron chi connectivity index (χ2n) is 8.14. The standard InChI is InChI=1S/C21H25FN4O2S/c1-12(2)7-16-21(28)26-10-15(8-18(26)20(27)25-16)23-9-19-24-17(11-29-19)13-3-5-14(22)6-4-13/h3-6,11-12,15-16,18,23H,7-10H2,1-2H3,(H,25,27)/t15-,16+,18-/m0/s1. The highest BCUT2D eigenvalue weighted by atomic mass is 32.1. The van der Waals surface area contributed by atoms with Gasteiger partial charge in [-0.25, -0.2) is 9.37 Å².